The molecule has 0 bridgehead atoms. The van der Waals surface area contributed by atoms with Gasteiger partial charge in [0.25, 0.3) is 0 Å². The Kier molecular flexibility index (Phi) is 8.93. The lowest BCUT2D eigenvalue weighted by Crippen LogP contribution is -2.49. The van der Waals surface area contributed by atoms with E-state index >= 15 is 0 Å². The number of carbonyl (C=O) groups excluding carboxylic acids is 2. The van der Waals surface area contributed by atoms with Crippen LogP contribution in [-0.4, -0.2) is 44.8 Å². The maximum absolute atomic E-state index is 13.6. The molecule has 0 saturated heterocycles. The molecule has 0 aliphatic heterocycles. The molecule has 2 heterocycles. The number of oxazole rings is 1. The van der Waals surface area contributed by atoms with E-state index in [9.17, 15) is 19.5 Å². The Morgan fingerprint density at radius 1 is 1.15 bits per heavy atom. The Labute approximate surface area is 228 Å². The summed E-state index contributed by atoms with van der Waals surface area (Å²) in [7, 11) is 1.94. The average Bonchev–Trinajstić information content (AvgIpc) is 3.43. The quantitative estimate of drug-likeness (QED) is 0.329. The van der Waals surface area contributed by atoms with E-state index in [-0.39, 0.29) is 29.4 Å². The second kappa shape index (κ2) is 12.4. The summed E-state index contributed by atoms with van der Waals surface area (Å²) < 4.78 is 13.4. The van der Waals surface area contributed by atoms with Gasteiger partial charge in [-0.15, -0.1) is 0 Å². The van der Waals surface area contributed by atoms with E-state index in [1.807, 2.05) is 55.9 Å². The van der Waals surface area contributed by atoms with Crippen LogP contribution in [0.25, 0.3) is 10.9 Å². The molecule has 2 atom stereocenters. The molecule has 39 heavy (non-hydrogen) atoms. The number of nitrogens with one attached hydrogen (secondary N) is 2. The Bertz CT molecular complexity index is 1320. The van der Waals surface area contributed by atoms with Gasteiger partial charge in [-0.1, -0.05) is 38.5 Å². The molecule has 1 aromatic carbocycles. The standard InChI is InChI=1S/C29H38N4O6/c1-17(2)14-22(31-29(37)39-20-10-6-5-7-11-20)26(34)30-23(27-32-25(28(35)36)18(3)38-27)15-19-16-33(4)24-13-9-8-12-21(19)24/h8-9,12-13,16-17,20,22-23H,5-7,10-11,14-15H2,1-4H3,(H,30,34)(H,31,37)(H,35,36)/t22-,23+/m0/s1. The maximum atomic E-state index is 13.6. The Morgan fingerprint density at radius 2 is 1.87 bits per heavy atom. The number of benzene rings is 1. The largest absolute Gasteiger partial charge is 0.476 e. The van der Waals surface area contributed by atoms with Gasteiger partial charge in [-0.3, -0.25) is 4.79 Å². The van der Waals surface area contributed by atoms with Crippen LogP contribution in [0.1, 0.15) is 86.1 Å². The van der Waals surface area contributed by atoms with Crippen molar-refractivity contribution in [2.45, 2.75) is 83.9 Å². The zero-order valence-electron chi connectivity index (χ0n) is 23.0. The van der Waals surface area contributed by atoms with E-state index in [0.717, 1.165) is 48.6 Å². The highest BCUT2D eigenvalue weighted by Crippen LogP contribution is 2.27. The fraction of sp³-hybridized carbons (Fsp3) is 0.517. The highest BCUT2D eigenvalue weighted by Gasteiger charge is 2.30. The van der Waals surface area contributed by atoms with Crippen molar-refractivity contribution in [2.24, 2.45) is 13.0 Å². The maximum Gasteiger partial charge on any atom is 0.408 e. The molecule has 0 spiro atoms. The second-order valence-electron chi connectivity index (χ2n) is 10.8. The van der Waals surface area contributed by atoms with Crippen molar-refractivity contribution < 1.29 is 28.6 Å². The highest BCUT2D eigenvalue weighted by atomic mass is 16.6. The summed E-state index contributed by atoms with van der Waals surface area (Å²) in [6.07, 6.45) is 6.80. The Hall–Kier alpha value is -3.82. The van der Waals surface area contributed by atoms with Crippen molar-refractivity contribution in [2.75, 3.05) is 0 Å². The third-order valence-corrected chi connectivity index (χ3v) is 7.18. The van der Waals surface area contributed by atoms with Crippen LogP contribution in [0.5, 0.6) is 0 Å². The number of alkyl carbamates (subject to hydrolysis) is 1. The summed E-state index contributed by atoms with van der Waals surface area (Å²) in [6, 6.07) is 6.29. The number of hydrogen-bond acceptors (Lipinski definition) is 6. The van der Waals surface area contributed by atoms with Gasteiger partial charge in [0.05, 0.1) is 0 Å². The van der Waals surface area contributed by atoms with Crippen LogP contribution < -0.4 is 10.6 Å². The predicted molar refractivity (Wildman–Crippen MR) is 145 cm³/mol. The number of carboxylic acids is 1. The first-order chi connectivity index (χ1) is 18.6. The lowest BCUT2D eigenvalue weighted by Gasteiger charge is -2.26. The second-order valence-corrected chi connectivity index (χ2v) is 10.8. The number of carboxylic acid groups (broad SMARTS) is 1. The number of aromatic nitrogens is 2. The molecular formula is C29H38N4O6. The van der Waals surface area contributed by atoms with Crippen LogP contribution in [0.15, 0.2) is 34.9 Å². The van der Waals surface area contributed by atoms with Gasteiger partial charge in [0.2, 0.25) is 11.8 Å². The molecule has 1 fully saturated rings. The molecule has 0 unspecified atom stereocenters. The van der Waals surface area contributed by atoms with Crippen molar-refractivity contribution in [3.63, 3.8) is 0 Å². The number of carbonyl (C=O) groups is 3. The number of rotatable bonds is 10. The van der Waals surface area contributed by atoms with Crippen molar-refractivity contribution in [3.8, 4) is 0 Å². The molecule has 0 radical (unpaired) electrons. The van der Waals surface area contributed by atoms with E-state index in [0.29, 0.717) is 12.8 Å². The van der Waals surface area contributed by atoms with Crippen molar-refractivity contribution >= 4 is 28.9 Å². The zero-order chi connectivity index (χ0) is 28.1. The van der Waals surface area contributed by atoms with Gasteiger partial charge in [-0.05, 0) is 56.6 Å². The van der Waals surface area contributed by atoms with Crippen LogP contribution in [0.4, 0.5) is 4.79 Å². The number of nitrogens with zero attached hydrogens (tertiary/aromatic N) is 2. The lowest BCUT2D eigenvalue weighted by molar-refractivity contribution is -0.124. The van der Waals surface area contributed by atoms with Crippen LogP contribution in [0.2, 0.25) is 0 Å². The number of hydrogen-bond donors (Lipinski definition) is 3. The third-order valence-electron chi connectivity index (χ3n) is 7.18. The summed E-state index contributed by atoms with van der Waals surface area (Å²) in [5.74, 6) is -1.25. The first kappa shape index (κ1) is 28.2. The fourth-order valence-electron chi connectivity index (χ4n) is 5.26. The smallest absolute Gasteiger partial charge is 0.408 e. The minimum atomic E-state index is -1.21. The number of amides is 2. The van der Waals surface area contributed by atoms with Gasteiger partial charge in [0.15, 0.2) is 5.69 Å². The van der Waals surface area contributed by atoms with E-state index < -0.39 is 30.1 Å². The molecule has 3 N–H and O–H groups in total. The molecule has 1 saturated carbocycles. The molecule has 2 aromatic heterocycles. The van der Waals surface area contributed by atoms with Crippen LogP contribution in [0, 0.1) is 12.8 Å². The number of para-hydroxylation sites is 1. The molecule has 1 aliphatic rings. The molecule has 1 aliphatic carbocycles. The van der Waals surface area contributed by atoms with Gasteiger partial charge in [-0.2, -0.15) is 0 Å². The first-order valence-corrected chi connectivity index (χ1v) is 13.6. The fourth-order valence-corrected chi connectivity index (χ4v) is 5.26. The van der Waals surface area contributed by atoms with Crippen molar-refractivity contribution in [3.05, 3.63) is 53.4 Å². The van der Waals surface area contributed by atoms with Crippen molar-refractivity contribution in [1.82, 2.24) is 20.2 Å². The first-order valence-electron chi connectivity index (χ1n) is 13.6. The predicted octanol–water partition coefficient (Wildman–Crippen LogP) is 5.05. The van der Waals surface area contributed by atoms with E-state index in [1.54, 1.807) is 0 Å². The molecule has 10 nitrogen and oxygen atoms in total. The van der Waals surface area contributed by atoms with E-state index in [1.165, 1.54) is 6.92 Å². The van der Waals surface area contributed by atoms with E-state index in [4.69, 9.17) is 9.15 Å². The summed E-state index contributed by atoms with van der Waals surface area (Å²) in [6.45, 7) is 5.47. The molecule has 2 amide bonds. The Balaban J connectivity index is 1.58. The monoisotopic (exact) mass is 538 g/mol. The number of ether oxygens (including phenoxy) is 1. The molecule has 210 valence electrons. The SMILES string of the molecule is Cc1oc([C@@H](Cc2cn(C)c3ccccc23)NC(=O)[C@H](CC(C)C)NC(=O)OC2CCCCC2)nc1C(=O)O. The lowest BCUT2D eigenvalue weighted by atomic mass is 9.98. The number of fused-ring (bicyclic) bond motifs is 1. The van der Waals surface area contributed by atoms with Gasteiger partial charge >= 0.3 is 12.1 Å². The van der Waals surface area contributed by atoms with Crippen LogP contribution >= 0.6 is 0 Å². The summed E-state index contributed by atoms with van der Waals surface area (Å²) >= 11 is 0. The third kappa shape index (κ3) is 6.99. The van der Waals surface area contributed by atoms with Crippen molar-refractivity contribution in [1.29, 1.82) is 0 Å². The summed E-state index contributed by atoms with van der Waals surface area (Å²) in [4.78, 5) is 42.2. The van der Waals surface area contributed by atoms with Crippen LogP contribution in [0.3, 0.4) is 0 Å². The minimum absolute atomic E-state index is 0.0965. The van der Waals surface area contributed by atoms with Crippen LogP contribution in [-0.2, 0) is 23.0 Å². The van der Waals surface area contributed by atoms with Gasteiger partial charge in [0, 0.05) is 30.6 Å². The number of aromatic carboxylic acids is 1. The van der Waals surface area contributed by atoms with Gasteiger partial charge in [-0.25, -0.2) is 14.6 Å². The molecule has 3 aromatic rings. The summed E-state index contributed by atoms with van der Waals surface area (Å²) in [5.41, 5.74) is 1.77. The normalized spacial score (nSPS) is 15.7. The van der Waals surface area contributed by atoms with Gasteiger partial charge < -0.3 is 29.5 Å². The zero-order valence-corrected chi connectivity index (χ0v) is 23.0. The Morgan fingerprint density at radius 3 is 2.54 bits per heavy atom. The molecule has 4 rings (SSSR count). The average molecular weight is 539 g/mol. The molecule has 10 heteroatoms. The highest BCUT2D eigenvalue weighted by molar-refractivity contribution is 5.87. The summed E-state index contributed by atoms with van der Waals surface area (Å²) in [5, 5.41) is 16.3. The molecular weight excluding hydrogens is 500 g/mol. The van der Waals surface area contributed by atoms with Gasteiger partial charge in [0.1, 0.15) is 23.9 Å². The minimum Gasteiger partial charge on any atom is -0.476 e. The number of aryl methyl sites for hydroxylation is 2. The topological polar surface area (TPSA) is 136 Å². The van der Waals surface area contributed by atoms with E-state index in [2.05, 4.69) is 15.6 Å².